The van der Waals surface area contributed by atoms with E-state index in [1.54, 1.807) is 0 Å². The molecule has 0 aliphatic carbocycles. The quantitative estimate of drug-likeness (QED) is 0.514. The molecule has 0 aromatic carbocycles. The van der Waals surface area contributed by atoms with Crippen LogP contribution in [0.3, 0.4) is 0 Å². The van der Waals surface area contributed by atoms with E-state index in [1.807, 2.05) is 0 Å². The molecular formula is C8H13NO5S. The first-order valence-corrected chi connectivity index (χ1v) is 5.46. The Bertz CT molecular complexity index is 274. The number of methoxy groups -OCH3 is 1. The summed E-state index contributed by atoms with van der Waals surface area (Å²) in [6, 6.07) is -0.525. The van der Waals surface area contributed by atoms with E-state index in [1.165, 1.54) is 18.9 Å². The molecule has 2 aliphatic heterocycles. The highest BCUT2D eigenvalue weighted by Gasteiger charge is 2.48. The molecule has 1 saturated heterocycles. The lowest BCUT2D eigenvalue weighted by Crippen LogP contribution is -2.55. The molecule has 7 heteroatoms. The van der Waals surface area contributed by atoms with Crippen molar-refractivity contribution in [3.05, 3.63) is 0 Å². The highest BCUT2D eigenvalue weighted by molar-refractivity contribution is 8.14. The molecule has 0 spiro atoms. The maximum atomic E-state index is 9.75. The predicted molar refractivity (Wildman–Crippen MR) is 53.6 cm³/mol. The zero-order valence-corrected chi connectivity index (χ0v) is 8.92. The minimum atomic E-state index is -1.11. The van der Waals surface area contributed by atoms with E-state index in [4.69, 9.17) is 14.6 Å². The van der Waals surface area contributed by atoms with Crippen molar-refractivity contribution < 1.29 is 24.8 Å². The van der Waals surface area contributed by atoms with Gasteiger partial charge < -0.3 is 24.8 Å². The van der Waals surface area contributed by atoms with Crippen molar-refractivity contribution in [2.24, 2.45) is 4.99 Å². The first-order valence-electron chi connectivity index (χ1n) is 4.58. The van der Waals surface area contributed by atoms with E-state index in [0.29, 0.717) is 5.23 Å². The molecule has 2 aliphatic rings. The number of ether oxygens (including phenoxy) is 2. The maximum absolute atomic E-state index is 9.75. The number of nitrogens with zero attached hydrogens (tertiary/aromatic N) is 1. The van der Waals surface area contributed by atoms with Crippen LogP contribution in [-0.4, -0.2) is 64.1 Å². The van der Waals surface area contributed by atoms with Crippen molar-refractivity contribution in [1.29, 1.82) is 0 Å². The van der Waals surface area contributed by atoms with Crippen molar-refractivity contribution >= 4 is 17.0 Å². The number of thioether (sulfide) groups is 1. The van der Waals surface area contributed by atoms with Gasteiger partial charge in [-0.1, -0.05) is 0 Å². The fraction of sp³-hybridized carbons (Fsp3) is 0.875. The topological polar surface area (TPSA) is 91.5 Å². The summed E-state index contributed by atoms with van der Waals surface area (Å²) in [4.78, 5) is 4.07. The van der Waals surface area contributed by atoms with Crippen molar-refractivity contribution in [3.63, 3.8) is 0 Å². The Morgan fingerprint density at radius 1 is 1.47 bits per heavy atom. The van der Waals surface area contributed by atoms with Crippen LogP contribution in [0, 0.1) is 0 Å². The normalized spacial score (nSPS) is 44.8. The van der Waals surface area contributed by atoms with Crippen LogP contribution in [0.15, 0.2) is 4.99 Å². The molecule has 2 unspecified atom stereocenters. The van der Waals surface area contributed by atoms with Crippen LogP contribution < -0.4 is 0 Å². The van der Waals surface area contributed by atoms with Gasteiger partial charge >= 0.3 is 0 Å². The van der Waals surface area contributed by atoms with Gasteiger partial charge in [-0.3, -0.25) is 0 Å². The Labute approximate surface area is 90.9 Å². The number of hydrogen-bond donors (Lipinski definition) is 3. The summed E-state index contributed by atoms with van der Waals surface area (Å²) >= 11 is 1.24. The van der Waals surface area contributed by atoms with E-state index >= 15 is 0 Å². The molecule has 0 saturated carbocycles. The SMILES string of the molecule is COC1=NC2C(O[C@H](CO)[C@@H](O)[C@@H]2O)S1. The van der Waals surface area contributed by atoms with Gasteiger partial charge in [0.15, 0.2) is 0 Å². The summed E-state index contributed by atoms with van der Waals surface area (Å²) in [5, 5.41) is 28.7. The lowest BCUT2D eigenvalue weighted by molar-refractivity contribution is -0.164. The third kappa shape index (κ3) is 1.85. The molecule has 0 aromatic rings. The Hall–Kier alpha value is -0.340. The lowest BCUT2D eigenvalue weighted by Gasteiger charge is -2.37. The van der Waals surface area contributed by atoms with E-state index in [9.17, 15) is 10.2 Å². The Kier molecular flexibility index (Phi) is 3.17. The highest BCUT2D eigenvalue weighted by Crippen LogP contribution is 2.36. The smallest absolute Gasteiger partial charge is 0.248 e. The van der Waals surface area contributed by atoms with Crippen LogP contribution in [0.4, 0.5) is 0 Å². The largest absolute Gasteiger partial charge is 0.476 e. The number of fused-ring (bicyclic) bond motifs is 1. The third-order valence-electron chi connectivity index (χ3n) is 2.49. The highest BCUT2D eigenvalue weighted by atomic mass is 32.2. The lowest BCUT2D eigenvalue weighted by atomic mass is 9.99. The summed E-state index contributed by atoms with van der Waals surface area (Å²) in [6.07, 6.45) is -2.90. The van der Waals surface area contributed by atoms with Crippen LogP contribution >= 0.6 is 11.8 Å². The minimum Gasteiger partial charge on any atom is -0.476 e. The standard InChI is InChI=1S/C8H13NO5S/c1-13-8-9-4-6(12)5(11)3(2-10)14-7(4)15-8/h3-7,10-12H,2H2,1H3/t3-,4?,5-,6-,7?/m1/s1. The molecule has 2 rings (SSSR count). The molecule has 5 atom stereocenters. The van der Waals surface area contributed by atoms with Gasteiger partial charge in [-0.2, -0.15) is 0 Å². The van der Waals surface area contributed by atoms with Crippen molar-refractivity contribution in [2.45, 2.75) is 29.8 Å². The molecule has 1 fully saturated rings. The van der Waals surface area contributed by atoms with Gasteiger partial charge in [-0.25, -0.2) is 4.99 Å². The van der Waals surface area contributed by atoms with Gasteiger partial charge in [0.1, 0.15) is 29.8 Å². The summed E-state index contributed by atoms with van der Waals surface area (Å²) in [5.41, 5.74) is -0.393. The predicted octanol–water partition coefficient (Wildman–Crippen LogP) is -1.46. The molecule has 15 heavy (non-hydrogen) atoms. The number of hydrogen-bond acceptors (Lipinski definition) is 7. The fourth-order valence-corrected chi connectivity index (χ4v) is 2.69. The molecule has 0 radical (unpaired) electrons. The van der Waals surface area contributed by atoms with Crippen LogP contribution in [-0.2, 0) is 9.47 Å². The maximum Gasteiger partial charge on any atom is 0.248 e. The van der Waals surface area contributed by atoms with Crippen molar-refractivity contribution in [2.75, 3.05) is 13.7 Å². The first-order chi connectivity index (χ1) is 7.17. The Balaban J connectivity index is 2.12. The zero-order chi connectivity index (χ0) is 11.0. The van der Waals surface area contributed by atoms with Gasteiger partial charge in [0, 0.05) is 0 Å². The monoisotopic (exact) mass is 235 g/mol. The van der Waals surface area contributed by atoms with Crippen LogP contribution in [0.2, 0.25) is 0 Å². The van der Waals surface area contributed by atoms with Gasteiger partial charge in [0.25, 0.3) is 0 Å². The second-order valence-electron chi connectivity index (χ2n) is 3.41. The van der Waals surface area contributed by atoms with Gasteiger partial charge in [0.2, 0.25) is 5.23 Å². The van der Waals surface area contributed by atoms with E-state index in [2.05, 4.69) is 4.99 Å². The van der Waals surface area contributed by atoms with E-state index in [-0.39, 0.29) is 6.61 Å². The van der Waals surface area contributed by atoms with Crippen LogP contribution in [0.25, 0.3) is 0 Å². The summed E-state index contributed by atoms with van der Waals surface area (Å²) < 4.78 is 10.3. The number of aliphatic imine (C=N–C) groups is 1. The molecule has 6 nitrogen and oxygen atoms in total. The first kappa shape index (κ1) is 11.2. The molecule has 2 heterocycles. The van der Waals surface area contributed by atoms with Crippen LogP contribution in [0.5, 0.6) is 0 Å². The zero-order valence-electron chi connectivity index (χ0n) is 8.11. The van der Waals surface area contributed by atoms with Gasteiger partial charge in [-0.05, 0) is 11.8 Å². The van der Waals surface area contributed by atoms with E-state index < -0.39 is 29.8 Å². The molecule has 86 valence electrons. The fourth-order valence-electron chi connectivity index (χ4n) is 1.65. The second-order valence-corrected chi connectivity index (χ2v) is 4.46. The van der Waals surface area contributed by atoms with Gasteiger partial charge in [-0.15, -0.1) is 0 Å². The van der Waals surface area contributed by atoms with Crippen LogP contribution in [0.1, 0.15) is 0 Å². The second kappa shape index (κ2) is 4.26. The van der Waals surface area contributed by atoms with Crippen molar-refractivity contribution in [1.82, 2.24) is 0 Å². The molecule has 0 bridgehead atoms. The Morgan fingerprint density at radius 3 is 2.80 bits per heavy atom. The average Bonchev–Trinajstić information content (AvgIpc) is 2.66. The molecule has 0 aromatic heterocycles. The Morgan fingerprint density at radius 2 is 2.20 bits per heavy atom. The average molecular weight is 235 g/mol. The summed E-state index contributed by atoms with van der Waals surface area (Å²) in [7, 11) is 1.48. The number of aliphatic hydroxyl groups is 3. The number of rotatable bonds is 1. The minimum absolute atomic E-state index is 0.329. The summed E-state index contributed by atoms with van der Waals surface area (Å²) in [5.74, 6) is 0. The molecule has 3 N–H and O–H groups in total. The summed E-state index contributed by atoms with van der Waals surface area (Å²) in [6.45, 7) is -0.329. The third-order valence-corrected chi connectivity index (χ3v) is 3.59. The molecular weight excluding hydrogens is 222 g/mol. The van der Waals surface area contributed by atoms with E-state index in [0.717, 1.165) is 0 Å². The number of aliphatic hydroxyl groups excluding tert-OH is 3. The van der Waals surface area contributed by atoms with Crippen molar-refractivity contribution in [3.8, 4) is 0 Å². The molecule has 0 amide bonds. The van der Waals surface area contributed by atoms with Gasteiger partial charge in [0.05, 0.1) is 13.7 Å².